The van der Waals surface area contributed by atoms with Crippen LogP contribution in [0.1, 0.15) is 73.6 Å². The van der Waals surface area contributed by atoms with Crippen LogP contribution in [0.3, 0.4) is 0 Å². The van der Waals surface area contributed by atoms with Gasteiger partial charge >= 0.3 is 0 Å². The number of piperidine rings is 1. The molecular weight excluding hydrogens is 280 g/mol. The highest BCUT2D eigenvalue weighted by atomic mass is 15.2. The largest absolute Gasteiger partial charge is 0.301 e. The third-order valence-electron chi connectivity index (χ3n) is 6.97. The molecule has 23 heavy (non-hydrogen) atoms. The van der Waals surface area contributed by atoms with E-state index >= 15 is 0 Å². The SMILES string of the molecule is CC(C)C1CCN(C(C)CCC(C)C2CCN(C(C)C)CC2)C1. The first-order valence-corrected chi connectivity index (χ1v) is 10.4. The van der Waals surface area contributed by atoms with Crippen LogP contribution in [0.25, 0.3) is 0 Å². The van der Waals surface area contributed by atoms with E-state index in [0.717, 1.165) is 35.8 Å². The quantitative estimate of drug-likeness (QED) is 0.658. The molecule has 0 spiro atoms. The van der Waals surface area contributed by atoms with Crippen LogP contribution < -0.4 is 0 Å². The predicted octanol–water partition coefficient (Wildman–Crippen LogP) is 4.89. The molecule has 2 rings (SSSR count). The Hall–Kier alpha value is -0.0800. The number of hydrogen-bond acceptors (Lipinski definition) is 2. The molecule has 3 atom stereocenters. The summed E-state index contributed by atoms with van der Waals surface area (Å²) in [5.41, 5.74) is 0. The van der Waals surface area contributed by atoms with Gasteiger partial charge in [0, 0.05) is 18.6 Å². The molecule has 2 fully saturated rings. The summed E-state index contributed by atoms with van der Waals surface area (Å²) in [5.74, 6) is 3.68. The molecule has 2 heteroatoms. The summed E-state index contributed by atoms with van der Waals surface area (Å²) >= 11 is 0. The maximum absolute atomic E-state index is 2.76. The summed E-state index contributed by atoms with van der Waals surface area (Å²) in [7, 11) is 0. The van der Waals surface area contributed by atoms with Gasteiger partial charge in [-0.3, -0.25) is 0 Å². The van der Waals surface area contributed by atoms with Gasteiger partial charge in [0.15, 0.2) is 0 Å². The number of likely N-dealkylation sites (tertiary alicyclic amines) is 2. The van der Waals surface area contributed by atoms with Gasteiger partial charge in [-0.15, -0.1) is 0 Å². The summed E-state index contributed by atoms with van der Waals surface area (Å²) in [6.07, 6.45) is 7.09. The first-order valence-electron chi connectivity index (χ1n) is 10.4. The lowest BCUT2D eigenvalue weighted by Crippen LogP contribution is -2.40. The standard InChI is InChI=1S/C21H42N2/c1-16(2)21-11-14-23(15-21)19(6)8-7-18(5)20-9-12-22(13-10-20)17(3)4/h16-21H,7-15H2,1-6H3. The van der Waals surface area contributed by atoms with E-state index in [1.54, 1.807) is 0 Å². The minimum atomic E-state index is 0.732. The van der Waals surface area contributed by atoms with E-state index in [1.165, 1.54) is 58.3 Å². The van der Waals surface area contributed by atoms with Crippen LogP contribution in [0.15, 0.2) is 0 Å². The van der Waals surface area contributed by atoms with Crippen LogP contribution in [0.4, 0.5) is 0 Å². The molecule has 0 aromatic heterocycles. The third-order valence-corrected chi connectivity index (χ3v) is 6.97. The average Bonchev–Trinajstić information content (AvgIpc) is 3.02. The van der Waals surface area contributed by atoms with E-state index in [1.807, 2.05) is 0 Å². The Morgan fingerprint density at radius 1 is 0.739 bits per heavy atom. The van der Waals surface area contributed by atoms with Gasteiger partial charge in [-0.2, -0.15) is 0 Å². The Labute approximate surface area is 146 Å². The molecule has 0 N–H and O–H groups in total. The molecule has 0 radical (unpaired) electrons. The van der Waals surface area contributed by atoms with E-state index in [9.17, 15) is 0 Å². The lowest BCUT2D eigenvalue weighted by atomic mass is 9.82. The Balaban J connectivity index is 1.67. The van der Waals surface area contributed by atoms with Crippen LogP contribution in [0, 0.1) is 23.7 Å². The molecule has 0 amide bonds. The molecule has 2 aliphatic rings. The predicted molar refractivity (Wildman–Crippen MR) is 102 cm³/mol. The van der Waals surface area contributed by atoms with Gasteiger partial charge in [0.25, 0.3) is 0 Å². The maximum Gasteiger partial charge on any atom is 0.00671 e. The van der Waals surface area contributed by atoms with Gasteiger partial charge in [-0.25, -0.2) is 0 Å². The zero-order valence-electron chi connectivity index (χ0n) is 16.7. The van der Waals surface area contributed by atoms with E-state index in [4.69, 9.17) is 0 Å². The second-order valence-corrected chi connectivity index (χ2v) is 9.16. The topological polar surface area (TPSA) is 6.48 Å². The van der Waals surface area contributed by atoms with E-state index in [-0.39, 0.29) is 0 Å². The Morgan fingerprint density at radius 2 is 1.30 bits per heavy atom. The zero-order chi connectivity index (χ0) is 17.0. The minimum absolute atomic E-state index is 0.732. The number of nitrogens with zero attached hydrogens (tertiary/aromatic N) is 2. The van der Waals surface area contributed by atoms with Crippen molar-refractivity contribution in [3.05, 3.63) is 0 Å². The van der Waals surface area contributed by atoms with Crippen molar-refractivity contribution in [3.8, 4) is 0 Å². The van der Waals surface area contributed by atoms with Crippen molar-refractivity contribution in [3.63, 3.8) is 0 Å². The van der Waals surface area contributed by atoms with E-state index < -0.39 is 0 Å². The van der Waals surface area contributed by atoms with Gasteiger partial charge in [-0.05, 0) is 96.2 Å². The highest BCUT2D eigenvalue weighted by Gasteiger charge is 2.29. The smallest absolute Gasteiger partial charge is 0.00671 e. The van der Waals surface area contributed by atoms with Gasteiger partial charge < -0.3 is 9.80 Å². The third kappa shape index (κ3) is 5.46. The van der Waals surface area contributed by atoms with Gasteiger partial charge in [0.1, 0.15) is 0 Å². The minimum Gasteiger partial charge on any atom is -0.301 e. The second kappa shape index (κ2) is 8.85. The molecule has 136 valence electrons. The maximum atomic E-state index is 2.76. The monoisotopic (exact) mass is 322 g/mol. The normalized spacial score (nSPS) is 27.9. The molecule has 2 nitrogen and oxygen atoms in total. The summed E-state index contributed by atoms with van der Waals surface area (Å²) in [6.45, 7) is 19.8. The van der Waals surface area contributed by atoms with Crippen LogP contribution in [-0.4, -0.2) is 48.1 Å². The molecular formula is C21H42N2. The van der Waals surface area contributed by atoms with Crippen molar-refractivity contribution in [2.24, 2.45) is 23.7 Å². The van der Waals surface area contributed by atoms with Crippen LogP contribution in [-0.2, 0) is 0 Å². The summed E-state index contributed by atoms with van der Waals surface area (Å²) in [4.78, 5) is 5.42. The molecule has 0 saturated carbocycles. The average molecular weight is 323 g/mol. The van der Waals surface area contributed by atoms with Crippen molar-refractivity contribution >= 4 is 0 Å². The van der Waals surface area contributed by atoms with E-state index in [2.05, 4.69) is 51.3 Å². The zero-order valence-corrected chi connectivity index (χ0v) is 16.7. The Bertz CT molecular complexity index is 331. The van der Waals surface area contributed by atoms with Crippen molar-refractivity contribution in [2.45, 2.75) is 85.7 Å². The molecule has 0 aromatic rings. The van der Waals surface area contributed by atoms with Gasteiger partial charge in [-0.1, -0.05) is 20.8 Å². The highest BCUT2D eigenvalue weighted by molar-refractivity contribution is 4.83. The fourth-order valence-electron chi connectivity index (χ4n) is 4.69. The van der Waals surface area contributed by atoms with Crippen molar-refractivity contribution in [2.75, 3.05) is 26.2 Å². The first kappa shape index (κ1) is 19.2. The van der Waals surface area contributed by atoms with Gasteiger partial charge in [0.05, 0.1) is 0 Å². The number of hydrogen-bond donors (Lipinski definition) is 0. The molecule has 3 unspecified atom stereocenters. The highest BCUT2D eigenvalue weighted by Crippen LogP contribution is 2.31. The van der Waals surface area contributed by atoms with Gasteiger partial charge in [0.2, 0.25) is 0 Å². The fourth-order valence-corrected chi connectivity index (χ4v) is 4.69. The molecule has 0 aliphatic carbocycles. The molecule has 2 heterocycles. The van der Waals surface area contributed by atoms with Crippen molar-refractivity contribution in [1.29, 1.82) is 0 Å². The summed E-state index contributed by atoms with van der Waals surface area (Å²) in [5, 5.41) is 0. The lowest BCUT2D eigenvalue weighted by Gasteiger charge is -2.37. The molecule has 2 saturated heterocycles. The van der Waals surface area contributed by atoms with Crippen LogP contribution in [0.2, 0.25) is 0 Å². The second-order valence-electron chi connectivity index (χ2n) is 9.16. The fraction of sp³-hybridized carbons (Fsp3) is 1.00. The number of rotatable bonds is 7. The molecule has 2 aliphatic heterocycles. The lowest BCUT2D eigenvalue weighted by molar-refractivity contribution is 0.117. The van der Waals surface area contributed by atoms with Crippen LogP contribution >= 0.6 is 0 Å². The summed E-state index contributed by atoms with van der Waals surface area (Å²) < 4.78 is 0. The Morgan fingerprint density at radius 3 is 1.83 bits per heavy atom. The first-order chi connectivity index (χ1) is 10.9. The van der Waals surface area contributed by atoms with Crippen molar-refractivity contribution in [1.82, 2.24) is 9.80 Å². The van der Waals surface area contributed by atoms with Crippen molar-refractivity contribution < 1.29 is 0 Å². The Kier molecular flexibility index (Phi) is 7.41. The summed E-state index contributed by atoms with van der Waals surface area (Å²) in [6, 6.07) is 1.52. The molecule has 0 bridgehead atoms. The molecule has 0 aromatic carbocycles. The van der Waals surface area contributed by atoms with E-state index in [0.29, 0.717) is 0 Å². The van der Waals surface area contributed by atoms with Crippen LogP contribution in [0.5, 0.6) is 0 Å².